The lowest BCUT2D eigenvalue weighted by atomic mass is 10.3. The summed E-state index contributed by atoms with van der Waals surface area (Å²) >= 11 is 0. The second kappa shape index (κ2) is 4.18. The molecule has 0 saturated carbocycles. The molecule has 0 fully saturated rings. The Kier molecular flexibility index (Phi) is 3.15. The van der Waals surface area contributed by atoms with E-state index in [1.807, 2.05) is 0 Å². The van der Waals surface area contributed by atoms with Gasteiger partial charge in [-0.2, -0.15) is 0 Å². The van der Waals surface area contributed by atoms with Crippen LogP contribution in [-0.2, 0) is 10.0 Å². The predicted molar refractivity (Wildman–Crippen MR) is 53.2 cm³/mol. The smallest absolute Gasteiger partial charge is 0.238 e. The van der Waals surface area contributed by atoms with Crippen molar-refractivity contribution in [3.8, 4) is 5.75 Å². The summed E-state index contributed by atoms with van der Waals surface area (Å²) in [5, 5.41) is 8.20. The van der Waals surface area contributed by atoms with Crippen LogP contribution in [0.3, 0.4) is 0 Å². The molecule has 2 N–H and O–H groups in total. The maximum atomic E-state index is 11.0. The Bertz CT molecular complexity index is 519. The molecule has 0 aliphatic carbocycles. The Morgan fingerprint density at radius 1 is 1.53 bits per heavy atom. The van der Waals surface area contributed by atoms with Gasteiger partial charge in [0, 0.05) is 4.91 Å². The Morgan fingerprint density at radius 2 is 2.20 bits per heavy atom. The van der Waals surface area contributed by atoms with E-state index in [9.17, 15) is 8.42 Å². The van der Waals surface area contributed by atoms with Crippen molar-refractivity contribution in [3.63, 3.8) is 0 Å². The number of rotatable bonds is 3. The SMILES string of the molecule is COc1ccc(S(N)(=O)=O)cc1N=[N+]=[N-]. The first kappa shape index (κ1) is 11.3. The Balaban J connectivity index is 3.41. The first-order chi connectivity index (χ1) is 6.99. The molecule has 1 aromatic carbocycles. The predicted octanol–water partition coefficient (Wildman–Crippen LogP) is 1.28. The minimum Gasteiger partial charge on any atom is -0.496 e. The van der Waals surface area contributed by atoms with Crippen LogP contribution in [-0.4, -0.2) is 15.5 Å². The van der Waals surface area contributed by atoms with E-state index in [0.717, 1.165) is 6.07 Å². The number of methoxy groups -OCH3 is 1. The molecule has 0 atom stereocenters. The largest absolute Gasteiger partial charge is 0.496 e. The quantitative estimate of drug-likeness (QED) is 0.476. The minimum atomic E-state index is -3.81. The first-order valence-electron chi connectivity index (χ1n) is 3.75. The van der Waals surface area contributed by atoms with Crippen LogP contribution in [0.2, 0.25) is 0 Å². The molecule has 15 heavy (non-hydrogen) atoms. The van der Waals surface area contributed by atoms with E-state index in [-0.39, 0.29) is 16.3 Å². The molecule has 0 aliphatic rings. The summed E-state index contributed by atoms with van der Waals surface area (Å²) in [5.41, 5.74) is 8.33. The normalized spacial score (nSPS) is 10.5. The zero-order valence-corrected chi connectivity index (χ0v) is 8.60. The summed E-state index contributed by atoms with van der Waals surface area (Å²) in [7, 11) is -2.43. The van der Waals surface area contributed by atoms with E-state index in [1.165, 1.54) is 19.2 Å². The molecule has 0 amide bonds. The van der Waals surface area contributed by atoms with E-state index in [1.54, 1.807) is 0 Å². The summed E-state index contributed by atoms with van der Waals surface area (Å²) in [6.07, 6.45) is 0. The van der Waals surface area contributed by atoms with Gasteiger partial charge in [-0.05, 0) is 23.7 Å². The van der Waals surface area contributed by atoms with Gasteiger partial charge in [0.25, 0.3) is 0 Å². The van der Waals surface area contributed by atoms with Crippen LogP contribution < -0.4 is 9.88 Å². The lowest BCUT2D eigenvalue weighted by Crippen LogP contribution is -2.11. The van der Waals surface area contributed by atoms with Gasteiger partial charge >= 0.3 is 0 Å². The van der Waals surface area contributed by atoms with Crippen molar-refractivity contribution in [1.29, 1.82) is 0 Å². The summed E-state index contributed by atoms with van der Waals surface area (Å²) in [6, 6.07) is 3.78. The summed E-state index contributed by atoms with van der Waals surface area (Å²) in [6.45, 7) is 0. The van der Waals surface area contributed by atoms with Gasteiger partial charge in [0.1, 0.15) is 5.75 Å². The van der Waals surface area contributed by atoms with Gasteiger partial charge in [0.2, 0.25) is 10.0 Å². The molecular formula is C7H8N4O3S. The van der Waals surface area contributed by atoms with Crippen molar-refractivity contribution in [2.45, 2.75) is 4.90 Å². The highest BCUT2D eigenvalue weighted by Gasteiger charge is 2.10. The van der Waals surface area contributed by atoms with E-state index >= 15 is 0 Å². The summed E-state index contributed by atoms with van der Waals surface area (Å²) in [5.74, 6) is 0.278. The first-order valence-corrected chi connectivity index (χ1v) is 5.29. The fourth-order valence-electron chi connectivity index (χ4n) is 0.973. The summed E-state index contributed by atoms with van der Waals surface area (Å²) in [4.78, 5) is 2.41. The number of hydrogen-bond acceptors (Lipinski definition) is 4. The number of azide groups is 1. The van der Waals surface area contributed by atoms with Gasteiger partial charge in [-0.25, -0.2) is 13.6 Å². The number of nitrogens with zero attached hydrogens (tertiary/aromatic N) is 3. The Morgan fingerprint density at radius 3 is 2.67 bits per heavy atom. The number of ether oxygens (including phenoxy) is 1. The topological polar surface area (TPSA) is 118 Å². The number of nitrogens with two attached hydrogens (primary N) is 1. The Hall–Kier alpha value is -1.76. The maximum absolute atomic E-state index is 11.0. The van der Waals surface area contributed by atoms with Crippen molar-refractivity contribution >= 4 is 15.7 Å². The second-order valence-corrected chi connectivity index (χ2v) is 4.13. The third kappa shape index (κ3) is 2.59. The van der Waals surface area contributed by atoms with Crippen LogP contribution in [0, 0.1) is 0 Å². The molecule has 0 saturated heterocycles. The zero-order valence-electron chi connectivity index (χ0n) is 7.78. The number of sulfonamides is 1. The van der Waals surface area contributed by atoms with Gasteiger partial charge < -0.3 is 4.74 Å². The highest BCUT2D eigenvalue weighted by molar-refractivity contribution is 7.89. The number of hydrogen-bond donors (Lipinski definition) is 1. The molecular weight excluding hydrogens is 220 g/mol. The molecule has 0 spiro atoms. The third-order valence-electron chi connectivity index (χ3n) is 1.63. The third-order valence-corrected chi connectivity index (χ3v) is 2.54. The average molecular weight is 228 g/mol. The van der Waals surface area contributed by atoms with Gasteiger partial charge in [0.15, 0.2) is 0 Å². The molecule has 0 unspecified atom stereocenters. The average Bonchev–Trinajstić information content (AvgIpc) is 2.17. The van der Waals surface area contributed by atoms with Crippen molar-refractivity contribution in [1.82, 2.24) is 0 Å². The molecule has 0 bridgehead atoms. The van der Waals surface area contributed by atoms with Gasteiger partial charge in [-0.15, -0.1) is 0 Å². The van der Waals surface area contributed by atoms with Gasteiger partial charge in [0.05, 0.1) is 17.7 Å². The number of benzene rings is 1. The number of primary sulfonamides is 1. The van der Waals surface area contributed by atoms with E-state index in [2.05, 4.69) is 10.0 Å². The van der Waals surface area contributed by atoms with Crippen molar-refractivity contribution < 1.29 is 13.2 Å². The molecule has 1 rings (SSSR count). The molecule has 0 aromatic heterocycles. The van der Waals surface area contributed by atoms with Crippen molar-refractivity contribution in [3.05, 3.63) is 28.6 Å². The van der Waals surface area contributed by atoms with Crippen LogP contribution >= 0.6 is 0 Å². The molecule has 0 aliphatic heterocycles. The highest BCUT2D eigenvalue weighted by Crippen LogP contribution is 2.29. The van der Waals surface area contributed by atoms with E-state index < -0.39 is 10.0 Å². The van der Waals surface area contributed by atoms with Gasteiger partial charge in [-0.3, -0.25) is 0 Å². The molecule has 7 nitrogen and oxygen atoms in total. The zero-order chi connectivity index (χ0) is 11.5. The molecule has 8 heteroatoms. The maximum Gasteiger partial charge on any atom is 0.238 e. The fraction of sp³-hybridized carbons (Fsp3) is 0.143. The van der Waals surface area contributed by atoms with Crippen molar-refractivity contribution in [2.24, 2.45) is 10.3 Å². The standard InChI is InChI=1S/C7H8N4O3S/c1-14-7-3-2-5(15(9,12)13)4-6(7)10-11-8/h2-4H,1H3,(H2,9,12,13). The van der Waals surface area contributed by atoms with Crippen LogP contribution in [0.4, 0.5) is 5.69 Å². The molecule has 80 valence electrons. The highest BCUT2D eigenvalue weighted by atomic mass is 32.2. The van der Waals surface area contributed by atoms with Crippen LogP contribution in [0.15, 0.2) is 28.2 Å². The monoisotopic (exact) mass is 228 g/mol. The van der Waals surface area contributed by atoms with E-state index in [0.29, 0.717) is 0 Å². The van der Waals surface area contributed by atoms with Crippen molar-refractivity contribution in [2.75, 3.05) is 7.11 Å². The van der Waals surface area contributed by atoms with E-state index in [4.69, 9.17) is 15.4 Å². The lowest BCUT2D eigenvalue weighted by Gasteiger charge is -2.05. The van der Waals surface area contributed by atoms with Crippen LogP contribution in [0.25, 0.3) is 10.4 Å². The molecule has 1 aromatic rings. The second-order valence-electron chi connectivity index (χ2n) is 2.57. The Labute approximate surface area is 86.1 Å². The van der Waals surface area contributed by atoms with Crippen LogP contribution in [0.5, 0.6) is 5.75 Å². The van der Waals surface area contributed by atoms with Gasteiger partial charge in [-0.1, -0.05) is 5.11 Å². The molecule has 0 heterocycles. The molecule has 0 radical (unpaired) electrons. The summed E-state index contributed by atoms with van der Waals surface area (Å²) < 4.78 is 26.8. The van der Waals surface area contributed by atoms with Crippen LogP contribution in [0.1, 0.15) is 0 Å². The lowest BCUT2D eigenvalue weighted by molar-refractivity contribution is 0.415. The fourth-order valence-corrected chi connectivity index (χ4v) is 1.51. The minimum absolute atomic E-state index is 0.0755.